The van der Waals surface area contributed by atoms with Crippen molar-refractivity contribution in [2.45, 2.75) is 27.2 Å². The number of benzene rings is 1. The van der Waals surface area contributed by atoms with Crippen molar-refractivity contribution < 1.29 is 4.79 Å². The Morgan fingerprint density at radius 3 is 2.43 bits per heavy atom. The number of thiophene rings is 1. The van der Waals surface area contributed by atoms with Gasteiger partial charge >= 0.3 is 0 Å². The Kier molecular flexibility index (Phi) is 7.34. The summed E-state index contributed by atoms with van der Waals surface area (Å²) in [6.07, 6.45) is 0.969. The molecule has 1 aromatic carbocycles. The topological polar surface area (TPSA) is 36.4 Å². The number of likely N-dealkylation sites (N-methyl/N-ethyl adjacent to an activating group) is 1. The highest BCUT2D eigenvalue weighted by atomic mass is 35.5. The summed E-state index contributed by atoms with van der Waals surface area (Å²) < 4.78 is 2.01. The van der Waals surface area contributed by atoms with Gasteiger partial charge in [0.2, 0.25) is 0 Å². The van der Waals surface area contributed by atoms with E-state index < -0.39 is 0 Å². The molecule has 8 heteroatoms. The van der Waals surface area contributed by atoms with Crippen molar-refractivity contribution in [1.82, 2.24) is 9.88 Å². The molecule has 0 N–H and O–H groups in total. The van der Waals surface area contributed by atoms with Crippen molar-refractivity contribution in [3.8, 4) is 0 Å². The zero-order valence-corrected chi connectivity index (χ0v) is 19.3. The van der Waals surface area contributed by atoms with Gasteiger partial charge in [0.15, 0.2) is 5.13 Å². The summed E-state index contributed by atoms with van der Waals surface area (Å²) in [5.74, 6) is -0.157. The van der Waals surface area contributed by atoms with E-state index in [1.165, 1.54) is 16.9 Å². The molecule has 0 bridgehead atoms. The van der Waals surface area contributed by atoms with Gasteiger partial charge in [0.05, 0.1) is 20.1 Å². The van der Waals surface area contributed by atoms with Gasteiger partial charge < -0.3 is 4.90 Å². The molecule has 0 saturated carbocycles. The van der Waals surface area contributed by atoms with Gasteiger partial charge in [-0.3, -0.25) is 9.69 Å². The van der Waals surface area contributed by atoms with Crippen LogP contribution in [0.1, 0.15) is 36.7 Å². The van der Waals surface area contributed by atoms with Crippen LogP contribution in [0.25, 0.3) is 10.2 Å². The lowest BCUT2D eigenvalue weighted by Gasteiger charge is -2.24. The SMILES string of the molecule is CCc1ccc2nc(N(CCN(CC)CC)C(=O)c3cc(Cl)sc3Cl)sc2c1. The van der Waals surface area contributed by atoms with Gasteiger partial charge in [0, 0.05) is 13.1 Å². The molecule has 3 rings (SSSR count). The minimum Gasteiger partial charge on any atom is -0.302 e. The molecular weight excluding hydrogens is 433 g/mol. The molecule has 0 aliphatic carbocycles. The number of aryl methyl sites for hydroxylation is 1. The van der Waals surface area contributed by atoms with Crippen LogP contribution in [0.5, 0.6) is 0 Å². The average molecular weight is 456 g/mol. The summed E-state index contributed by atoms with van der Waals surface area (Å²) in [5, 5.41) is 0.693. The van der Waals surface area contributed by atoms with Crippen LogP contribution in [0.4, 0.5) is 5.13 Å². The number of rotatable bonds is 8. The molecule has 0 atom stereocenters. The number of carbonyl (C=O) groups excluding carboxylic acids is 1. The molecule has 28 heavy (non-hydrogen) atoms. The third kappa shape index (κ3) is 4.69. The molecule has 150 valence electrons. The molecule has 0 unspecified atom stereocenters. The molecule has 0 radical (unpaired) electrons. The highest BCUT2D eigenvalue weighted by Gasteiger charge is 2.25. The molecule has 2 aromatic heterocycles. The van der Waals surface area contributed by atoms with Crippen molar-refractivity contribution in [3.63, 3.8) is 0 Å². The monoisotopic (exact) mass is 455 g/mol. The minimum atomic E-state index is -0.157. The Bertz CT molecular complexity index is 966. The molecular formula is C20H23Cl2N3OS2. The number of hydrogen-bond acceptors (Lipinski definition) is 5. The zero-order chi connectivity index (χ0) is 20.3. The number of amides is 1. The van der Waals surface area contributed by atoms with E-state index in [9.17, 15) is 4.79 Å². The lowest BCUT2D eigenvalue weighted by Crippen LogP contribution is -2.38. The quantitative estimate of drug-likeness (QED) is 0.404. The van der Waals surface area contributed by atoms with Crippen LogP contribution in [0, 0.1) is 0 Å². The normalized spacial score (nSPS) is 11.5. The van der Waals surface area contributed by atoms with Crippen molar-refractivity contribution in [1.29, 1.82) is 0 Å². The van der Waals surface area contributed by atoms with E-state index in [1.54, 1.807) is 22.3 Å². The van der Waals surface area contributed by atoms with E-state index in [4.69, 9.17) is 28.2 Å². The summed E-state index contributed by atoms with van der Waals surface area (Å²) in [4.78, 5) is 22.1. The van der Waals surface area contributed by atoms with Gasteiger partial charge in [0.25, 0.3) is 5.91 Å². The first-order chi connectivity index (χ1) is 13.5. The van der Waals surface area contributed by atoms with Crippen LogP contribution in [-0.2, 0) is 6.42 Å². The Balaban J connectivity index is 1.97. The van der Waals surface area contributed by atoms with Gasteiger partial charge in [-0.2, -0.15) is 0 Å². The number of carbonyl (C=O) groups is 1. The van der Waals surface area contributed by atoms with Gasteiger partial charge in [-0.1, -0.05) is 61.4 Å². The van der Waals surface area contributed by atoms with E-state index in [0.29, 0.717) is 25.9 Å². The van der Waals surface area contributed by atoms with E-state index in [1.807, 2.05) is 6.07 Å². The smallest absolute Gasteiger partial charge is 0.262 e. The van der Waals surface area contributed by atoms with E-state index >= 15 is 0 Å². The van der Waals surface area contributed by atoms with Crippen molar-refractivity contribution in [3.05, 3.63) is 44.1 Å². The second kappa shape index (κ2) is 9.55. The summed E-state index contributed by atoms with van der Waals surface area (Å²) >= 11 is 15.1. The van der Waals surface area contributed by atoms with Gasteiger partial charge in [0.1, 0.15) is 4.34 Å². The summed E-state index contributed by atoms with van der Waals surface area (Å²) in [5.41, 5.74) is 2.60. The van der Waals surface area contributed by atoms with Gasteiger partial charge in [-0.05, 0) is 43.3 Å². The van der Waals surface area contributed by atoms with Crippen LogP contribution in [-0.4, -0.2) is 42.0 Å². The van der Waals surface area contributed by atoms with E-state index in [2.05, 4.69) is 37.8 Å². The van der Waals surface area contributed by atoms with Gasteiger partial charge in [-0.15, -0.1) is 11.3 Å². The molecule has 4 nitrogen and oxygen atoms in total. The first-order valence-electron chi connectivity index (χ1n) is 9.35. The molecule has 0 aliphatic heterocycles. The lowest BCUT2D eigenvalue weighted by molar-refractivity contribution is 0.0984. The fourth-order valence-corrected chi connectivity index (χ4v) is 5.49. The van der Waals surface area contributed by atoms with Crippen LogP contribution in [0.15, 0.2) is 24.3 Å². The first kappa shape index (κ1) is 21.5. The van der Waals surface area contributed by atoms with Crippen LogP contribution < -0.4 is 4.90 Å². The van der Waals surface area contributed by atoms with Crippen LogP contribution in [0.3, 0.4) is 0 Å². The summed E-state index contributed by atoms with van der Waals surface area (Å²) in [6.45, 7) is 9.55. The van der Waals surface area contributed by atoms with Gasteiger partial charge in [-0.25, -0.2) is 4.98 Å². The first-order valence-corrected chi connectivity index (χ1v) is 11.7. The number of hydrogen-bond donors (Lipinski definition) is 0. The molecule has 2 heterocycles. The van der Waals surface area contributed by atoms with E-state index in [0.717, 1.165) is 36.3 Å². The third-order valence-electron chi connectivity index (χ3n) is 4.75. The number of fused-ring (bicyclic) bond motifs is 1. The van der Waals surface area contributed by atoms with Crippen molar-refractivity contribution >= 4 is 67.1 Å². The van der Waals surface area contributed by atoms with Crippen molar-refractivity contribution in [2.75, 3.05) is 31.1 Å². The maximum Gasteiger partial charge on any atom is 0.262 e. The Morgan fingerprint density at radius 2 is 1.82 bits per heavy atom. The summed E-state index contributed by atoms with van der Waals surface area (Å²) in [7, 11) is 0. The predicted octanol–water partition coefficient (Wildman–Crippen LogP) is 6.22. The zero-order valence-electron chi connectivity index (χ0n) is 16.2. The lowest BCUT2D eigenvalue weighted by atomic mass is 10.2. The number of thiazole rings is 1. The Morgan fingerprint density at radius 1 is 1.07 bits per heavy atom. The highest BCUT2D eigenvalue weighted by molar-refractivity contribution is 7.22. The Labute approximate surface area is 183 Å². The number of anilines is 1. The van der Waals surface area contributed by atoms with Crippen LogP contribution in [0.2, 0.25) is 8.67 Å². The molecule has 0 fully saturated rings. The van der Waals surface area contributed by atoms with E-state index in [-0.39, 0.29) is 5.91 Å². The summed E-state index contributed by atoms with van der Waals surface area (Å²) in [6, 6.07) is 7.90. The van der Waals surface area contributed by atoms with Crippen molar-refractivity contribution in [2.24, 2.45) is 0 Å². The maximum absolute atomic E-state index is 13.3. The third-order valence-corrected chi connectivity index (χ3v) is 7.28. The largest absolute Gasteiger partial charge is 0.302 e. The Hall–Kier alpha value is -1.18. The molecule has 1 amide bonds. The van der Waals surface area contributed by atoms with Crippen LogP contribution >= 0.6 is 45.9 Å². The molecule has 3 aromatic rings. The predicted molar refractivity (Wildman–Crippen MR) is 123 cm³/mol. The second-order valence-corrected chi connectivity index (χ2v) is 9.67. The molecule has 0 saturated heterocycles. The molecule has 0 spiro atoms. The fraction of sp³-hybridized carbons (Fsp3) is 0.400. The number of aromatic nitrogens is 1. The standard InChI is InChI=1S/C20H23Cl2N3OS2/c1-4-13-7-8-15-16(11-13)27-20(23-15)25(10-9-24(5-2)6-3)19(26)14-12-17(21)28-18(14)22/h7-8,11-12H,4-6,9-10H2,1-3H3. The number of halogens is 2. The average Bonchev–Trinajstić information content (AvgIpc) is 3.26. The maximum atomic E-state index is 13.3. The minimum absolute atomic E-state index is 0.157. The molecule has 0 aliphatic rings. The number of nitrogens with zero attached hydrogens (tertiary/aromatic N) is 3. The second-order valence-electron chi connectivity index (χ2n) is 6.37. The fourth-order valence-electron chi connectivity index (χ4n) is 2.99. The highest BCUT2D eigenvalue weighted by Crippen LogP contribution is 2.35.